The van der Waals surface area contributed by atoms with E-state index >= 15 is 0 Å². The van der Waals surface area contributed by atoms with Gasteiger partial charge in [0.05, 0.1) is 6.07 Å². The SMILES string of the molecule is N#C/C=C/C1CCC(c2ccc(OC(F)(F)F)cc2)CC1. The number of allylic oxidation sites excluding steroid dienone is 2. The van der Waals surface area contributed by atoms with Crippen molar-refractivity contribution < 1.29 is 17.9 Å². The van der Waals surface area contributed by atoms with Crippen molar-refractivity contribution in [2.24, 2.45) is 5.92 Å². The Kier molecular flexibility index (Phi) is 4.89. The maximum Gasteiger partial charge on any atom is 0.573 e. The Morgan fingerprint density at radius 3 is 2.24 bits per heavy atom. The predicted octanol–water partition coefficient (Wildman–Crippen LogP) is 4.94. The Labute approximate surface area is 121 Å². The molecule has 0 N–H and O–H groups in total. The van der Waals surface area contributed by atoms with E-state index in [1.165, 1.54) is 18.2 Å². The van der Waals surface area contributed by atoms with Crippen molar-refractivity contribution in [3.63, 3.8) is 0 Å². The van der Waals surface area contributed by atoms with Crippen molar-refractivity contribution in [2.45, 2.75) is 38.0 Å². The van der Waals surface area contributed by atoms with Crippen LogP contribution < -0.4 is 4.74 Å². The predicted molar refractivity (Wildman–Crippen MR) is 72.6 cm³/mol. The van der Waals surface area contributed by atoms with E-state index in [-0.39, 0.29) is 5.75 Å². The third-order valence-corrected chi connectivity index (χ3v) is 3.80. The van der Waals surface area contributed by atoms with Gasteiger partial charge in [0.15, 0.2) is 0 Å². The van der Waals surface area contributed by atoms with Gasteiger partial charge in [0.25, 0.3) is 0 Å². The van der Waals surface area contributed by atoms with Crippen LogP contribution >= 0.6 is 0 Å². The molecule has 0 heterocycles. The fraction of sp³-hybridized carbons (Fsp3) is 0.438. The molecule has 0 unspecified atom stereocenters. The maximum atomic E-state index is 12.1. The van der Waals surface area contributed by atoms with Gasteiger partial charge >= 0.3 is 6.36 Å². The second-order valence-electron chi connectivity index (χ2n) is 5.22. The van der Waals surface area contributed by atoms with E-state index in [0.29, 0.717) is 11.8 Å². The lowest BCUT2D eigenvalue weighted by molar-refractivity contribution is -0.274. The first-order valence-corrected chi connectivity index (χ1v) is 6.90. The van der Waals surface area contributed by atoms with Gasteiger partial charge in [-0.1, -0.05) is 18.2 Å². The van der Waals surface area contributed by atoms with Crippen LogP contribution in [-0.2, 0) is 0 Å². The summed E-state index contributed by atoms with van der Waals surface area (Å²) in [5, 5.41) is 8.50. The third kappa shape index (κ3) is 4.82. The number of nitriles is 1. The Bertz CT molecular complexity index is 520. The molecule has 0 aromatic heterocycles. The number of rotatable bonds is 3. The molecule has 1 aromatic carbocycles. The number of halogens is 3. The van der Waals surface area contributed by atoms with Crippen molar-refractivity contribution in [3.8, 4) is 11.8 Å². The van der Waals surface area contributed by atoms with Crippen molar-refractivity contribution >= 4 is 0 Å². The van der Waals surface area contributed by atoms with Gasteiger partial charge in [0.2, 0.25) is 0 Å². The number of hydrogen-bond donors (Lipinski definition) is 0. The van der Waals surface area contributed by atoms with Crippen LogP contribution in [0.25, 0.3) is 0 Å². The van der Waals surface area contributed by atoms with Gasteiger partial charge in [-0.15, -0.1) is 13.2 Å². The van der Waals surface area contributed by atoms with Crippen molar-refractivity contribution in [1.29, 1.82) is 5.26 Å². The third-order valence-electron chi connectivity index (χ3n) is 3.80. The summed E-state index contributed by atoms with van der Waals surface area (Å²) in [6.45, 7) is 0. The molecule has 21 heavy (non-hydrogen) atoms. The van der Waals surface area contributed by atoms with Crippen LogP contribution in [0.4, 0.5) is 13.2 Å². The fourth-order valence-electron chi connectivity index (χ4n) is 2.77. The lowest BCUT2D eigenvalue weighted by Crippen LogP contribution is -2.17. The molecule has 0 spiro atoms. The molecule has 112 valence electrons. The number of nitrogens with zero attached hydrogens (tertiary/aromatic N) is 1. The van der Waals surface area contributed by atoms with E-state index in [1.54, 1.807) is 12.1 Å². The monoisotopic (exact) mass is 295 g/mol. The average Bonchev–Trinajstić information content (AvgIpc) is 2.45. The van der Waals surface area contributed by atoms with E-state index in [1.807, 2.05) is 12.1 Å². The highest BCUT2D eigenvalue weighted by Gasteiger charge is 2.31. The number of ether oxygens (including phenoxy) is 1. The molecule has 1 saturated carbocycles. The first-order chi connectivity index (χ1) is 9.98. The minimum absolute atomic E-state index is 0.183. The molecular formula is C16H16F3NO. The van der Waals surface area contributed by atoms with Crippen LogP contribution in [0.15, 0.2) is 36.4 Å². The van der Waals surface area contributed by atoms with E-state index in [0.717, 1.165) is 31.2 Å². The van der Waals surface area contributed by atoms with Gasteiger partial charge in [-0.2, -0.15) is 5.26 Å². The summed E-state index contributed by atoms with van der Waals surface area (Å²) >= 11 is 0. The van der Waals surface area contributed by atoms with Crippen LogP contribution in [0.1, 0.15) is 37.2 Å². The largest absolute Gasteiger partial charge is 0.573 e. The Morgan fingerprint density at radius 2 is 1.71 bits per heavy atom. The second-order valence-corrected chi connectivity index (χ2v) is 5.22. The molecule has 1 fully saturated rings. The average molecular weight is 295 g/mol. The summed E-state index contributed by atoms with van der Waals surface area (Å²) in [6, 6.07) is 8.14. The minimum Gasteiger partial charge on any atom is -0.406 e. The topological polar surface area (TPSA) is 33.0 Å². The van der Waals surface area contributed by atoms with Crippen molar-refractivity contribution in [3.05, 3.63) is 42.0 Å². The van der Waals surface area contributed by atoms with Crippen LogP contribution in [0.2, 0.25) is 0 Å². The number of benzene rings is 1. The van der Waals surface area contributed by atoms with Crippen LogP contribution in [-0.4, -0.2) is 6.36 Å². The van der Waals surface area contributed by atoms with E-state index < -0.39 is 6.36 Å². The maximum absolute atomic E-state index is 12.1. The summed E-state index contributed by atoms with van der Waals surface area (Å²) in [6.07, 6.45) is 2.80. The molecular weight excluding hydrogens is 279 g/mol. The molecule has 0 radical (unpaired) electrons. The van der Waals surface area contributed by atoms with Crippen molar-refractivity contribution in [2.75, 3.05) is 0 Å². The molecule has 1 aromatic rings. The molecule has 2 nitrogen and oxygen atoms in total. The van der Waals surface area contributed by atoms with Gasteiger partial charge in [-0.05, 0) is 55.2 Å². The highest BCUT2D eigenvalue weighted by molar-refractivity contribution is 5.30. The molecule has 1 aliphatic rings. The Hall–Kier alpha value is -1.96. The zero-order chi connectivity index (χ0) is 15.3. The Balaban J connectivity index is 1.92. The van der Waals surface area contributed by atoms with Crippen molar-refractivity contribution in [1.82, 2.24) is 0 Å². The quantitative estimate of drug-likeness (QED) is 0.740. The molecule has 0 aliphatic heterocycles. The molecule has 0 atom stereocenters. The van der Waals surface area contributed by atoms with Gasteiger partial charge in [-0.3, -0.25) is 0 Å². The molecule has 0 amide bonds. The summed E-state index contributed by atoms with van der Waals surface area (Å²) in [5.41, 5.74) is 1.05. The van der Waals surface area contributed by atoms with E-state index in [4.69, 9.17) is 5.26 Å². The van der Waals surface area contributed by atoms with Gasteiger partial charge in [0, 0.05) is 6.08 Å². The molecule has 1 aliphatic carbocycles. The van der Waals surface area contributed by atoms with Crippen LogP contribution in [0, 0.1) is 17.2 Å². The highest BCUT2D eigenvalue weighted by Crippen LogP contribution is 2.37. The zero-order valence-corrected chi connectivity index (χ0v) is 11.4. The van der Waals surface area contributed by atoms with Gasteiger partial charge in [0.1, 0.15) is 5.75 Å². The summed E-state index contributed by atoms with van der Waals surface area (Å²) in [5.74, 6) is 0.627. The summed E-state index contributed by atoms with van der Waals surface area (Å²) in [4.78, 5) is 0. The first kappa shape index (κ1) is 15.4. The zero-order valence-electron chi connectivity index (χ0n) is 11.4. The summed E-state index contributed by atoms with van der Waals surface area (Å²) in [7, 11) is 0. The fourth-order valence-corrected chi connectivity index (χ4v) is 2.77. The van der Waals surface area contributed by atoms with E-state index in [9.17, 15) is 13.2 Å². The Morgan fingerprint density at radius 1 is 1.10 bits per heavy atom. The smallest absolute Gasteiger partial charge is 0.406 e. The summed E-state index contributed by atoms with van der Waals surface area (Å²) < 4.78 is 40.1. The molecule has 0 bridgehead atoms. The van der Waals surface area contributed by atoms with Crippen LogP contribution in [0.3, 0.4) is 0 Å². The first-order valence-electron chi connectivity index (χ1n) is 6.90. The van der Waals surface area contributed by atoms with E-state index in [2.05, 4.69) is 4.74 Å². The molecule has 2 rings (SSSR count). The second kappa shape index (κ2) is 6.66. The highest BCUT2D eigenvalue weighted by atomic mass is 19.4. The van der Waals surface area contributed by atoms with Gasteiger partial charge in [-0.25, -0.2) is 0 Å². The molecule has 0 saturated heterocycles. The van der Waals surface area contributed by atoms with Crippen LogP contribution in [0.5, 0.6) is 5.75 Å². The standard InChI is InChI=1S/C16H16F3NO/c17-16(18,19)21-15-9-7-14(8-10-15)13-5-3-12(4-6-13)2-1-11-20/h1-2,7-10,12-13H,3-6H2/b2-1+. The number of hydrogen-bond acceptors (Lipinski definition) is 2. The normalized spacial score (nSPS) is 23.0. The lowest BCUT2D eigenvalue weighted by Gasteiger charge is -2.27. The molecule has 5 heteroatoms. The minimum atomic E-state index is -4.65. The van der Waals surface area contributed by atoms with Gasteiger partial charge < -0.3 is 4.74 Å². The number of alkyl halides is 3. The lowest BCUT2D eigenvalue weighted by atomic mass is 9.78.